The van der Waals surface area contributed by atoms with Crippen LogP contribution < -0.4 is 10.1 Å². The Labute approximate surface area is 118 Å². The van der Waals surface area contributed by atoms with Crippen molar-refractivity contribution in [2.45, 2.75) is 40.0 Å². The van der Waals surface area contributed by atoms with Crippen LogP contribution in [0.15, 0.2) is 30.5 Å². The molecule has 0 spiro atoms. The van der Waals surface area contributed by atoms with Gasteiger partial charge in [0.2, 0.25) is 0 Å². The summed E-state index contributed by atoms with van der Waals surface area (Å²) in [6.07, 6.45) is 1.93. The summed E-state index contributed by atoms with van der Waals surface area (Å²) in [6, 6.07) is 8.54. The zero-order valence-corrected chi connectivity index (χ0v) is 12.5. The maximum Gasteiger partial charge on any atom is 0.140 e. The predicted octanol–water partition coefficient (Wildman–Crippen LogP) is 3.53. The van der Waals surface area contributed by atoms with Crippen LogP contribution >= 0.6 is 11.3 Å². The molecule has 0 saturated heterocycles. The molecule has 0 aliphatic rings. The Balaban J connectivity index is 1.88. The molecule has 0 saturated carbocycles. The molecule has 0 aliphatic carbocycles. The lowest BCUT2D eigenvalue weighted by Crippen LogP contribution is -2.21. The Morgan fingerprint density at radius 3 is 2.84 bits per heavy atom. The summed E-state index contributed by atoms with van der Waals surface area (Å²) in [6.45, 7) is 7.75. The Bertz CT molecular complexity index is 522. The lowest BCUT2D eigenvalue weighted by molar-refractivity contribution is 0.303. The monoisotopic (exact) mass is 276 g/mol. The second kappa shape index (κ2) is 6.68. The lowest BCUT2D eigenvalue weighted by atomic mass is 10.2. The maximum absolute atomic E-state index is 5.79. The largest absolute Gasteiger partial charge is 0.486 e. The van der Waals surface area contributed by atoms with Gasteiger partial charge in [0.25, 0.3) is 0 Å². The zero-order chi connectivity index (χ0) is 13.7. The minimum atomic E-state index is 0.494. The summed E-state index contributed by atoms with van der Waals surface area (Å²) in [5, 5.41) is 4.41. The van der Waals surface area contributed by atoms with Crippen LogP contribution in [0.3, 0.4) is 0 Å². The van der Waals surface area contributed by atoms with Crippen LogP contribution in [0.5, 0.6) is 5.75 Å². The number of rotatable bonds is 6. The van der Waals surface area contributed by atoms with Crippen LogP contribution in [0, 0.1) is 6.92 Å². The molecule has 19 heavy (non-hydrogen) atoms. The molecule has 0 bridgehead atoms. The third kappa shape index (κ3) is 4.33. The fourth-order valence-electron chi connectivity index (χ4n) is 1.66. The van der Waals surface area contributed by atoms with E-state index in [9.17, 15) is 0 Å². The molecule has 0 atom stereocenters. The molecule has 0 amide bonds. The molecule has 0 aliphatic heterocycles. The topological polar surface area (TPSA) is 34.1 Å². The first-order valence-corrected chi connectivity index (χ1v) is 7.32. The number of hydrogen-bond donors (Lipinski definition) is 1. The van der Waals surface area contributed by atoms with Gasteiger partial charge in [-0.1, -0.05) is 32.0 Å². The smallest absolute Gasteiger partial charge is 0.140 e. The molecule has 2 rings (SSSR count). The molecule has 102 valence electrons. The molecular formula is C15H20N2OS. The first kappa shape index (κ1) is 14.0. The molecule has 2 aromatic rings. The van der Waals surface area contributed by atoms with Crippen LogP contribution in [0.1, 0.15) is 29.3 Å². The highest BCUT2D eigenvalue weighted by Crippen LogP contribution is 2.19. The highest BCUT2D eigenvalue weighted by Gasteiger charge is 2.04. The van der Waals surface area contributed by atoms with E-state index in [0.29, 0.717) is 12.6 Å². The number of thiazole rings is 1. The van der Waals surface area contributed by atoms with Crippen molar-refractivity contribution in [3.8, 4) is 5.75 Å². The van der Waals surface area contributed by atoms with E-state index in [1.807, 2.05) is 24.4 Å². The van der Waals surface area contributed by atoms with Gasteiger partial charge in [0, 0.05) is 23.7 Å². The molecule has 1 aromatic carbocycles. The summed E-state index contributed by atoms with van der Waals surface area (Å²) in [7, 11) is 0. The van der Waals surface area contributed by atoms with Gasteiger partial charge in [0.15, 0.2) is 0 Å². The SMILES string of the molecule is Cc1ccccc1OCc1ncc(CNC(C)C)s1. The minimum absolute atomic E-state index is 0.494. The van der Waals surface area contributed by atoms with Gasteiger partial charge in [0.05, 0.1) is 0 Å². The zero-order valence-electron chi connectivity index (χ0n) is 11.6. The van der Waals surface area contributed by atoms with Gasteiger partial charge in [0.1, 0.15) is 17.4 Å². The van der Waals surface area contributed by atoms with Crippen molar-refractivity contribution < 1.29 is 4.74 Å². The number of aryl methyl sites for hydroxylation is 1. The number of nitrogens with one attached hydrogen (secondary N) is 1. The number of hydrogen-bond acceptors (Lipinski definition) is 4. The van der Waals surface area contributed by atoms with Crippen molar-refractivity contribution in [2.24, 2.45) is 0 Å². The average molecular weight is 276 g/mol. The van der Waals surface area contributed by atoms with Crippen LogP contribution in [-0.2, 0) is 13.2 Å². The summed E-state index contributed by atoms with van der Waals surface area (Å²) in [5.74, 6) is 0.930. The van der Waals surface area contributed by atoms with Crippen molar-refractivity contribution >= 4 is 11.3 Å². The summed E-state index contributed by atoms with van der Waals surface area (Å²) in [4.78, 5) is 5.64. The van der Waals surface area contributed by atoms with Gasteiger partial charge >= 0.3 is 0 Å². The van der Waals surface area contributed by atoms with Crippen molar-refractivity contribution in [3.63, 3.8) is 0 Å². The summed E-state index contributed by atoms with van der Waals surface area (Å²) >= 11 is 1.70. The molecule has 3 nitrogen and oxygen atoms in total. The molecule has 4 heteroatoms. The number of ether oxygens (including phenoxy) is 1. The predicted molar refractivity (Wildman–Crippen MR) is 79.6 cm³/mol. The molecular weight excluding hydrogens is 256 g/mol. The maximum atomic E-state index is 5.79. The van der Waals surface area contributed by atoms with E-state index in [-0.39, 0.29) is 0 Å². The Morgan fingerprint density at radius 2 is 2.11 bits per heavy atom. The minimum Gasteiger partial charge on any atom is -0.486 e. The number of aromatic nitrogens is 1. The van der Waals surface area contributed by atoms with E-state index in [1.165, 1.54) is 4.88 Å². The van der Waals surface area contributed by atoms with Gasteiger partial charge < -0.3 is 10.1 Å². The van der Waals surface area contributed by atoms with Crippen LogP contribution in [0.2, 0.25) is 0 Å². The average Bonchev–Trinajstić information content (AvgIpc) is 2.83. The Morgan fingerprint density at radius 1 is 1.32 bits per heavy atom. The van der Waals surface area contributed by atoms with E-state index < -0.39 is 0 Å². The van der Waals surface area contributed by atoms with Crippen molar-refractivity contribution in [1.29, 1.82) is 0 Å². The Hall–Kier alpha value is -1.39. The van der Waals surface area contributed by atoms with Gasteiger partial charge in [-0.2, -0.15) is 0 Å². The van der Waals surface area contributed by atoms with Gasteiger partial charge in [-0.15, -0.1) is 11.3 Å². The second-order valence-electron chi connectivity index (χ2n) is 4.81. The van der Waals surface area contributed by atoms with Gasteiger partial charge in [-0.25, -0.2) is 4.98 Å². The van der Waals surface area contributed by atoms with E-state index >= 15 is 0 Å². The molecule has 1 N–H and O–H groups in total. The number of para-hydroxylation sites is 1. The summed E-state index contributed by atoms with van der Waals surface area (Å²) in [5.41, 5.74) is 1.15. The molecule has 0 unspecified atom stereocenters. The second-order valence-corrected chi connectivity index (χ2v) is 6.01. The first-order valence-electron chi connectivity index (χ1n) is 6.50. The number of benzene rings is 1. The summed E-state index contributed by atoms with van der Waals surface area (Å²) < 4.78 is 5.79. The molecule has 0 radical (unpaired) electrons. The van der Waals surface area contributed by atoms with Crippen LogP contribution in [0.4, 0.5) is 0 Å². The van der Waals surface area contributed by atoms with Crippen LogP contribution in [-0.4, -0.2) is 11.0 Å². The number of nitrogens with zero attached hydrogens (tertiary/aromatic N) is 1. The van der Waals surface area contributed by atoms with E-state index in [4.69, 9.17) is 4.74 Å². The van der Waals surface area contributed by atoms with Gasteiger partial charge in [-0.3, -0.25) is 0 Å². The normalized spacial score (nSPS) is 10.9. The van der Waals surface area contributed by atoms with E-state index in [2.05, 4.69) is 37.1 Å². The highest BCUT2D eigenvalue weighted by molar-refractivity contribution is 7.11. The molecule has 1 aromatic heterocycles. The quantitative estimate of drug-likeness (QED) is 0.876. The van der Waals surface area contributed by atoms with Gasteiger partial charge in [-0.05, 0) is 18.6 Å². The highest BCUT2D eigenvalue weighted by atomic mass is 32.1. The Kier molecular flexibility index (Phi) is 4.93. The fourth-order valence-corrected chi connectivity index (χ4v) is 2.45. The third-order valence-corrected chi connectivity index (χ3v) is 3.70. The van der Waals surface area contributed by atoms with E-state index in [0.717, 1.165) is 22.9 Å². The van der Waals surface area contributed by atoms with Crippen molar-refractivity contribution in [3.05, 3.63) is 45.9 Å². The third-order valence-electron chi connectivity index (χ3n) is 2.73. The molecule has 0 fully saturated rings. The lowest BCUT2D eigenvalue weighted by Gasteiger charge is -2.06. The van der Waals surface area contributed by atoms with Crippen molar-refractivity contribution in [2.75, 3.05) is 0 Å². The molecule has 1 heterocycles. The van der Waals surface area contributed by atoms with Crippen LogP contribution in [0.25, 0.3) is 0 Å². The fraction of sp³-hybridized carbons (Fsp3) is 0.400. The first-order chi connectivity index (χ1) is 9.15. The standard InChI is InChI=1S/C15H20N2OS/c1-11(2)16-8-13-9-17-15(19-13)10-18-14-7-5-4-6-12(14)3/h4-7,9,11,16H,8,10H2,1-3H3. The van der Waals surface area contributed by atoms with E-state index in [1.54, 1.807) is 11.3 Å². The van der Waals surface area contributed by atoms with Crippen molar-refractivity contribution in [1.82, 2.24) is 10.3 Å².